The molecule has 0 radical (unpaired) electrons. The minimum absolute atomic E-state index is 0.00494. The number of hydrogen-bond acceptors (Lipinski definition) is 3. The molecule has 2 N–H and O–H groups in total. The van der Waals surface area contributed by atoms with E-state index in [1.165, 1.54) is 5.56 Å². The van der Waals surface area contributed by atoms with Crippen LogP contribution in [0.25, 0.3) is 0 Å². The molecule has 0 bridgehead atoms. The Kier molecular flexibility index (Phi) is 4.05. The fraction of sp³-hybridized carbons (Fsp3) is 0.600. The van der Waals surface area contributed by atoms with Crippen LogP contribution in [0.4, 0.5) is 0 Å². The van der Waals surface area contributed by atoms with Gasteiger partial charge in [0.05, 0.1) is 12.7 Å². The highest BCUT2D eigenvalue weighted by Crippen LogP contribution is 2.33. The quantitative estimate of drug-likeness (QED) is 0.891. The van der Waals surface area contributed by atoms with E-state index in [4.69, 9.17) is 15.2 Å². The summed E-state index contributed by atoms with van der Waals surface area (Å²) in [5.41, 5.74) is 8.02. The molecule has 1 heterocycles. The summed E-state index contributed by atoms with van der Waals surface area (Å²) in [7, 11) is 0. The second kappa shape index (κ2) is 5.39. The van der Waals surface area contributed by atoms with Gasteiger partial charge in [-0.25, -0.2) is 0 Å². The first kappa shape index (κ1) is 13.5. The molecule has 1 saturated heterocycles. The highest BCUT2D eigenvalue weighted by molar-refractivity contribution is 5.26. The molecule has 0 saturated carbocycles. The van der Waals surface area contributed by atoms with Gasteiger partial charge in [-0.05, 0) is 24.8 Å². The Hall–Kier alpha value is -0.900. The molecule has 0 aliphatic carbocycles. The van der Waals surface area contributed by atoms with E-state index in [9.17, 15) is 0 Å². The zero-order chi connectivity index (χ0) is 13.2. The summed E-state index contributed by atoms with van der Waals surface area (Å²) in [5.74, 6) is 0.0347. The van der Waals surface area contributed by atoms with Crippen LogP contribution in [-0.4, -0.2) is 19.3 Å². The Morgan fingerprint density at radius 3 is 2.50 bits per heavy atom. The van der Waals surface area contributed by atoms with Crippen LogP contribution in [0.2, 0.25) is 0 Å². The highest BCUT2D eigenvalue weighted by Gasteiger charge is 2.38. The third kappa shape index (κ3) is 2.91. The number of nitrogens with two attached hydrogens (primary N) is 1. The van der Waals surface area contributed by atoms with Crippen molar-refractivity contribution in [2.24, 2.45) is 11.7 Å². The maximum absolute atomic E-state index is 5.86. The van der Waals surface area contributed by atoms with Crippen molar-refractivity contribution in [3.63, 3.8) is 0 Å². The molecular formula is C15H23NO2. The van der Waals surface area contributed by atoms with E-state index in [1.807, 2.05) is 6.92 Å². The Bertz CT molecular complexity index is 388. The van der Waals surface area contributed by atoms with Gasteiger partial charge in [0.15, 0.2) is 5.79 Å². The van der Waals surface area contributed by atoms with Gasteiger partial charge in [0.25, 0.3) is 0 Å². The van der Waals surface area contributed by atoms with Gasteiger partial charge in [0.1, 0.15) is 0 Å². The van der Waals surface area contributed by atoms with Gasteiger partial charge in [-0.15, -0.1) is 0 Å². The van der Waals surface area contributed by atoms with Gasteiger partial charge in [-0.3, -0.25) is 0 Å². The first-order valence-electron chi connectivity index (χ1n) is 6.65. The molecule has 1 aliphatic rings. The van der Waals surface area contributed by atoms with E-state index < -0.39 is 5.79 Å². The lowest BCUT2D eigenvalue weighted by Crippen LogP contribution is -2.27. The van der Waals surface area contributed by atoms with Crippen LogP contribution < -0.4 is 5.73 Å². The number of rotatable bonds is 4. The Morgan fingerprint density at radius 1 is 1.33 bits per heavy atom. The molecule has 18 heavy (non-hydrogen) atoms. The van der Waals surface area contributed by atoms with Gasteiger partial charge in [-0.1, -0.05) is 38.1 Å². The lowest BCUT2D eigenvalue weighted by molar-refractivity contribution is -0.160. The Morgan fingerprint density at radius 2 is 2.00 bits per heavy atom. The number of hydrogen-bond donors (Lipinski definition) is 1. The first-order chi connectivity index (χ1) is 8.53. The minimum atomic E-state index is -0.638. The van der Waals surface area contributed by atoms with Crippen molar-refractivity contribution < 1.29 is 9.47 Å². The molecule has 0 aromatic heterocycles. The van der Waals surface area contributed by atoms with E-state index in [0.717, 1.165) is 12.0 Å². The molecule has 100 valence electrons. The largest absolute Gasteiger partial charge is 0.343 e. The minimum Gasteiger partial charge on any atom is -0.343 e. The van der Waals surface area contributed by atoms with Crippen LogP contribution in [0.5, 0.6) is 0 Å². The summed E-state index contributed by atoms with van der Waals surface area (Å²) < 4.78 is 11.6. The summed E-state index contributed by atoms with van der Waals surface area (Å²) in [6, 6.07) is 8.50. The van der Waals surface area contributed by atoms with Crippen LogP contribution in [0.15, 0.2) is 24.3 Å². The smallest absolute Gasteiger partial charge is 0.192 e. The molecule has 2 unspecified atom stereocenters. The van der Waals surface area contributed by atoms with Crippen LogP contribution in [0.3, 0.4) is 0 Å². The monoisotopic (exact) mass is 249 g/mol. The SMILES string of the molecule is CC(C)Cc1ccc(C2(C)OCC(CN)O2)cc1. The summed E-state index contributed by atoms with van der Waals surface area (Å²) >= 11 is 0. The number of benzene rings is 1. The molecule has 1 aliphatic heterocycles. The van der Waals surface area contributed by atoms with Gasteiger partial charge in [0.2, 0.25) is 0 Å². The summed E-state index contributed by atoms with van der Waals surface area (Å²) in [6.07, 6.45) is 1.11. The summed E-state index contributed by atoms with van der Waals surface area (Å²) in [5, 5.41) is 0. The van der Waals surface area contributed by atoms with E-state index in [0.29, 0.717) is 19.1 Å². The average molecular weight is 249 g/mol. The molecule has 0 spiro atoms. The van der Waals surface area contributed by atoms with Crippen molar-refractivity contribution in [3.05, 3.63) is 35.4 Å². The van der Waals surface area contributed by atoms with Gasteiger partial charge >= 0.3 is 0 Å². The maximum atomic E-state index is 5.86. The highest BCUT2D eigenvalue weighted by atomic mass is 16.7. The zero-order valence-electron chi connectivity index (χ0n) is 11.5. The molecule has 2 atom stereocenters. The van der Waals surface area contributed by atoms with Crippen LogP contribution in [0, 0.1) is 5.92 Å². The maximum Gasteiger partial charge on any atom is 0.192 e. The topological polar surface area (TPSA) is 44.5 Å². The van der Waals surface area contributed by atoms with Crippen molar-refractivity contribution >= 4 is 0 Å². The Labute approximate surface area is 109 Å². The van der Waals surface area contributed by atoms with Gasteiger partial charge < -0.3 is 15.2 Å². The fourth-order valence-electron chi connectivity index (χ4n) is 2.32. The molecule has 3 nitrogen and oxygen atoms in total. The van der Waals surface area contributed by atoms with E-state index in [-0.39, 0.29) is 6.10 Å². The lowest BCUT2D eigenvalue weighted by Gasteiger charge is -2.24. The van der Waals surface area contributed by atoms with Crippen molar-refractivity contribution in [3.8, 4) is 0 Å². The average Bonchev–Trinajstić information content (AvgIpc) is 2.72. The molecule has 3 heteroatoms. The molecule has 2 rings (SSSR count). The van der Waals surface area contributed by atoms with Crippen molar-refractivity contribution in [2.75, 3.05) is 13.2 Å². The molecule has 1 aromatic carbocycles. The third-order valence-corrected chi connectivity index (χ3v) is 3.32. The second-order valence-electron chi connectivity index (χ2n) is 5.53. The van der Waals surface area contributed by atoms with Crippen LogP contribution >= 0.6 is 0 Å². The summed E-state index contributed by atoms with van der Waals surface area (Å²) in [6.45, 7) is 7.48. The Balaban J connectivity index is 2.10. The van der Waals surface area contributed by atoms with Crippen molar-refractivity contribution in [1.82, 2.24) is 0 Å². The normalized spacial score (nSPS) is 27.9. The molecule has 0 amide bonds. The van der Waals surface area contributed by atoms with E-state index in [1.54, 1.807) is 0 Å². The van der Waals surface area contributed by atoms with Gasteiger partial charge in [-0.2, -0.15) is 0 Å². The van der Waals surface area contributed by atoms with Crippen molar-refractivity contribution in [1.29, 1.82) is 0 Å². The second-order valence-corrected chi connectivity index (χ2v) is 5.53. The molecule has 1 fully saturated rings. The predicted molar refractivity (Wildman–Crippen MR) is 72.2 cm³/mol. The van der Waals surface area contributed by atoms with Gasteiger partial charge in [0, 0.05) is 12.1 Å². The molecule has 1 aromatic rings. The fourth-order valence-corrected chi connectivity index (χ4v) is 2.32. The van der Waals surface area contributed by atoms with Crippen LogP contribution in [0.1, 0.15) is 31.9 Å². The summed E-state index contributed by atoms with van der Waals surface area (Å²) in [4.78, 5) is 0. The van der Waals surface area contributed by atoms with Crippen LogP contribution in [-0.2, 0) is 21.7 Å². The van der Waals surface area contributed by atoms with E-state index in [2.05, 4.69) is 38.1 Å². The number of ether oxygens (including phenoxy) is 2. The van der Waals surface area contributed by atoms with E-state index >= 15 is 0 Å². The first-order valence-corrected chi connectivity index (χ1v) is 6.65. The standard InChI is InChI=1S/C15H23NO2/c1-11(2)8-12-4-6-13(7-5-12)15(3)17-10-14(9-16)18-15/h4-7,11,14H,8-10,16H2,1-3H3. The predicted octanol–water partition coefficient (Wildman–Crippen LogP) is 2.43. The van der Waals surface area contributed by atoms with Crippen molar-refractivity contribution in [2.45, 2.75) is 39.1 Å². The third-order valence-electron chi connectivity index (χ3n) is 3.32. The molecular weight excluding hydrogens is 226 g/mol. The lowest BCUT2D eigenvalue weighted by atomic mass is 9.99. The zero-order valence-corrected chi connectivity index (χ0v) is 11.5.